The highest BCUT2D eigenvalue weighted by atomic mass is 32.1. The van der Waals surface area contributed by atoms with Crippen molar-refractivity contribution in [2.24, 2.45) is 4.99 Å². The summed E-state index contributed by atoms with van der Waals surface area (Å²) in [4.78, 5) is 40.7. The smallest absolute Gasteiger partial charge is 0.326 e. The van der Waals surface area contributed by atoms with Gasteiger partial charge in [0.25, 0.3) is 11.6 Å². The first kappa shape index (κ1) is 21.1. The number of hydrogen-bond donors (Lipinski definition) is 0. The number of nitro groups is 1. The molecule has 0 aliphatic carbocycles. The Balaban J connectivity index is 1.59. The fraction of sp³-hybridized carbons (Fsp3) is 0.190. The highest BCUT2D eigenvalue weighted by molar-refractivity contribution is 7.21. The van der Waals surface area contributed by atoms with Crippen molar-refractivity contribution in [1.29, 1.82) is 0 Å². The van der Waals surface area contributed by atoms with Crippen LogP contribution in [-0.2, 0) is 16.1 Å². The van der Waals surface area contributed by atoms with E-state index in [-0.39, 0.29) is 25.6 Å². The van der Waals surface area contributed by atoms with E-state index in [9.17, 15) is 19.7 Å². The molecule has 0 saturated heterocycles. The van der Waals surface area contributed by atoms with E-state index in [1.54, 1.807) is 35.8 Å². The van der Waals surface area contributed by atoms with E-state index in [4.69, 9.17) is 14.2 Å². The average Bonchev–Trinajstić information content (AvgIpc) is 3.49. The van der Waals surface area contributed by atoms with Crippen molar-refractivity contribution in [1.82, 2.24) is 4.57 Å². The van der Waals surface area contributed by atoms with Crippen molar-refractivity contribution in [3.05, 3.63) is 56.2 Å². The molecule has 0 radical (unpaired) electrons. The molecule has 3 heterocycles. The lowest BCUT2D eigenvalue weighted by molar-refractivity contribution is -0.384. The summed E-state index contributed by atoms with van der Waals surface area (Å²) in [6.45, 7) is 1.93. The molecule has 0 spiro atoms. The molecule has 1 aliphatic heterocycles. The maximum Gasteiger partial charge on any atom is 0.326 e. The Morgan fingerprint density at radius 2 is 1.94 bits per heavy atom. The number of rotatable bonds is 5. The molecule has 168 valence electrons. The summed E-state index contributed by atoms with van der Waals surface area (Å²) in [6, 6.07) is 9.54. The molecule has 0 N–H and O–H groups in total. The molecule has 12 heteroatoms. The number of nitro benzene ring substituents is 1. The van der Waals surface area contributed by atoms with Crippen molar-refractivity contribution in [3.8, 4) is 11.5 Å². The third kappa shape index (κ3) is 3.94. The number of ether oxygens (including phenoxy) is 3. The normalized spacial score (nSPS) is 13.1. The van der Waals surface area contributed by atoms with Crippen LogP contribution in [0.3, 0.4) is 0 Å². The summed E-state index contributed by atoms with van der Waals surface area (Å²) in [5.41, 5.74) is 0.612. The second-order valence-corrected chi connectivity index (χ2v) is 9.05. The molecule has 0 atom stereocenters. The Hall–Kier alpha value is -3.77. The van der Waals surface area contributed by atoms with Gasteiger partial charge in [-0.15, -0.1) is 11.3 Å². The summed E-state index contributed by atoms with van der Waals surface area (Å²) in [5.74, 6) is 0.152. The van der Waals surface area contributed by atoms with Crippen molar-refractivity contribution < 1.29 is 28.7 Å². The third-order valence-corrected chi connectivity index (χ3v) is 7.03. The lowest BCUT2D eigenvalue weighted by atomic mass is 10.2. The number of nitrogens with zero attached hydrogens (tertiary/aromatic N) is 3. The highest BCUT2D eigenvalue weighted by Crippen LogP contribution is 2.37. The van der Waals surface area contributed by atoms with Gasteiger partial charge in [0.15, 0.2) is 16.3 Å². The number of benzene rings is 2. The summed E-state index contributed by atoms with van der Waals surface area (Å²) < 4.78 is 19.1. The molecule has 0 fully saturated rings. The van der Waals surface area contributed by atoms with Gasteiger partial charge < -0.3 is 18.8 Å². The van der Waals surface area contributed by atoms with E-state index in [1.807, 2.05) is 0 Å². The summed E-state index contributed by atoms with van der Waals surface area (Å²) >= 11 is 2.43. The molecule has 33 heavy (non-hydrogen) atoms. The molecule has 10 nitrogen and oxygen atoms in total. The van der Waals surface area contributed by atoms with Gasteiger partial charge in [0.2, 0.25) is 6.79 Å². The number of carbonyl (C=O) groups excluding carboxylic acids is 2. The van der Waals surface area contributed by atoms with Gasteiger partial charge in [-0.3, -0.25) is 19.7 Å². The second kappa shape index (κ2) is 8.30. The lowest BCUT2D eigenvalue weighted by Gasteiger charge is -2.05. The van der Waals surface area contributed by atoms with Crippen molar-refractivity contribution >= 4 is 60.5 Å². The lowest BCUT2D eigenvalue weighted by Crippen LogP contribution is -2.23. The molecule has 2 aromatic carbocycles. The van der Waals surface area contributed by atoms with Crippen LogP contribution in [0.1, 0.15) is 16.6 Å². The molecular weight excluding hydrogens is 470 g/mol. The van der Waals surface area contributed by atoms with E-state index >= 15 is 0 Å². The maximum atomic E-state index is 13.0. The number of aromatic nitrogens is 1. The van der Waals surface area contributed by atoms with Crippen LogP contribution in [0.5, 0.6) is 11.5 Å². The van der Waals surface area contributed by atoms with E-state index in [2.05, 4.69) is 4.99 Å². The average molecular weight is 485 g/mol. The number of esters is 1. The van der Waals surface area contributed by atoms with Crippen molar-refractivity contribution in [2.45, 2.75) is 13.5 Å². The topological polar surface area (TPSA) is 122 Å². The predicted molar refractivity (Wildman–Crippen MR) is 121 cm³/mol. The molecule has 1 amide bonds. The van der Waals surface area contributed by atoms with Crippen LogP contribution in [0, 0.1) is 10.1 Å². The zero-order valence-corrected chi connectivity index (χ0v) is 18.7. The quantitative estimate of drug-likeness (QED) is 0.239. The van der Waals surface area contributed by atoms with Gasteiger partial charge >= 0.3 is 5.97 Å². The Bertz CT molecular complexity index is 1520. The Morgan fingerprint density at radius 3 is 2.70 bits per heavy atom. The fourth-order valence-corrected chi connectivity index (χ4v) is 5.39. The number of fused-ring (bicyclic) bond motifs is 3. The zero-order chi connectivity index (χ0) is 23.1. The number of amides is 1. The van der Waals surface area contributed by atoms with E-state index in [0.29, 0.717) is 32.1 Å². The first-order valence-corrected chi connectivity index (χ1v) is 11.4. The summed E-state index contributed by atoms with van der Waals surface area (Å²) in [6.07, 6.45) is 0. The minimum absolute atomic E-state index is 0.0505. The van der Waals surface area contributed by atoms with Gasteiger partial charge in [0, 0.05) is 34.4 Å². The Morgan fingerprint density at radius 1 is 1.15 bits per heavy atom. The zero-order valence-electron chi connectivity index (χ0n) is 17.1. The molecular formula is C21H15N3O7S2. The molecule has 0 bridgehead atoms. The monoisotopic (exact) mass is 485 g/mol. The standard InChI is InChI=1S/C21H15N3O7S2/c1-2-29-19(25)9-23-13-7-14-15(31-10-30-14)8-17(13)33-21(23)22-20(26)18-6-11-5-12(24(27)28)3-4-16(11)32-18/h3-8H,2,9-10H2,1H3. The number of carbonyl (C=O) groups is 2. The second-order valence-electron chi connectivity index (χ2n) is 6.96. The van der Waals surface area contributed by atoms with Crippen LogP contribution in [0.15, 0.2) is 41.4 Å². The fourth-order valence-electron chi connectivity index (χ4n) is 3.43. The largest absolute Gasteiger partial charge is 0.465 e. The number of thiazole rings is 1. The van der Waals surface area contributed by atoms with Crippen LogP contribution in [-0.4, -0.2) is 34.8 Å². The first-order chi connectivity index (χ1) is 15.9. The van der Waals surface area contributed by atoms with Crippen LogP contribution < -0.4 is 14.3 Å². The Labute approximate surface area is 193 Å². The van der Waals surface area contributed by atoms with Gasteiger partial charge in [0.1, 0.15) is 6.54 Å². The third-order valence-electron chi connectivity index (χ3n) is 4.89. The van der Waals surface area contributed by atoms with Crippen LogP contribution in [0.4, 0.5) is 5.69 Å². The van der Waals surface area contributed by atoms with E-state index in [0.717, 1.165) is 9.40 Å². The summed E-state index contributed by atoms with van der Waals surface area (Å²) in [5, 5.41) is 11.6. The van der Waals surface area contributed by atoms with Gasteiger partial charge in [0.05, 0.1) is 26.6 Å². The van der Waals surface area contributed by atoms with E-state index < -0.39 is 16.8 Å². The van der Waals surface area contributed by atoms with Crippen LogP contribution >= 0.6 is 22.7 Å². The van der Waals surface area contributed by atoms with Gasteiger partial charge in [-0.25, -0.2) is 0 Å². The van der Waals surface area contributed by atoms with Gasteiger partial charge in [-0.1, -0.05) is 11.3 Å². The Kier molecular flexibility index (Phi) is 5.30. The molecule has 0 unspecified atom stereocenters. The molecule has 0 saturated carbocycles. The SMILES string of the molecule is CCOC(=O)Cn1c(=NC(=O)c2cc3cc([N+](=O)[O-])ccc3s2)sc2cc3c(cc21)OCO3. The van der Waals surface area contributed by atoms with Gasteiger partial charge in [-0.2, -0.15) is 4.99 Å². The minimum Gasteiger partial charge on any atom is -0.465 e. The van der Waals surface area contributed by atoms with Crippen LogP contribution in [0.25, 0.3) is 20.3 Å². The highest BCUT2D eigenvalue weighted by Gasteiger charge is 2.20. The molecule has 4 aromatic rings. The minimum atomic E-state index is -0.511. The van der Waals surface area contributed by atoms with Crippen molar-refractivity contribution in [3.63, 3.8) is 0 Å². The molecule has 5 rings (SSSR count). The number of non-ortho nitro benzene ring substituents is 1. The summed E-state index contributed by atoms with van der Waals surface area (Å²) in [7, 11) is 0. The van der Waals surface area contributed by atoms with Crippen LogP contribution in [0.2, 0.25) is 0 Å². The molecule has 2 aromatic heterocycles. The number of hydrogen-bond acceptors (Lipinski definition) is 9. The maximum absolute atomic E-state index is 13.0. The van der Waals surface area contributed by atoms with Crippen molar-refractivity contribution in [2.75, 3.05) is 13.4 Å². The number of thiophene rings is 1. The van der Waals surface area contributed by atoms with E-state index in [1.165, 1.54) is 34.8 Å². The first-order valence-electron chi connectivity index (χ1n) is 9.78. The van der Waals surface area contributed by atoms with Gasteiger partial charge in [-0.05, 0) is 19.1 Å². The predicted octanol–water partition coefficient (Wildman–Crippen LogP) is 3.86. The molecule has 1 aliphatic rings.